The van der Waals surface area contributed by atoms with Gasteiger partial charge in [0.2, 0.25) is 5.88 Å². The minimum atomic E-state index is -0.260. The molecule has 110 valence electrons. The van der Waals surface area contributed by atoms with Crippen LogP contribution < -0.4 is 14.8 Å². The van der Waals surface area contributed by atoms with Crippen LogP contribution in [0.3, 0.4) is 0 Å². The number of hydrogen-bond donors (Lipinski definition) is 1. The standard InChI is InChI=1S/C17H20N2O2/c1-17(2)16(13-6-4-5-7-14(13)21-17)19-11-12-8-9-15(20-3)18-10-12/h4-10,16,19H,11H2,1-3H3. The lowest BCUT2D eigenvalue weighted by molar-refractivity contribution is 0.0958. The van der Waals surface area contributed by atoms with E-state index in [0.29, 0.717) is 5.88 Å². The third kappa shape index (κ3) is 2.72. The van der Waals surface area contributed by atoms with Crippen LogP contribution in [0.4, 0.5) is 0 Å². The summed E-state index contributed by atoms with van der Waals surface area (Å²) < 4.78 is 11.1. The van der Waals surface area contributed by atoms with Crippen molar-refractivity contribution in [2.75, 3.05) is 7.11 Å². The number of pyridine rings is 1. The molecule has 21 heavy (non-hydrogen) atoms. The minimum absolute atomic E-state index is 0.163. The summed E-state index contributed by atoms with van der Waals surface area (Å²) in [6.07, 6.45) is 1.83. The number of ether oxygens (including phenoxy) is 2. The Morgan fingerprint density at radius 3 is 2.76 bits per heavy atom. The molecule has 0 saturated carbocycles. The minimum Gasteiger partial charge on any atom is -0.486 e. The van der Waals surface area contributed by atoms with Crippen LogP contribution in [-0.2, 0) is 6.54 Å². The van der Waals surface area contributed by atoms with Crippen LogP contribution in [0.15, 0.2) is 42.6 Å². The Hall–Kier alpha value is -2.07. The molecule has 1 aromatic carbocycles. The molecule has 4 nitrogen and oxygen atoms in total. The van der Waals surface area contributed by atoms with Gasteiger partial charge in [0.1, 0.15) is 11.4 Å². The molecule has 2 aromatic rings. The van der Waals surface area contributed by atoms with E-state index in [0.717, 1.165) is 17.9 Å². The maximum Gasteiger partial charge on any atom is 0.212 e. The van der Waals surface area contributed by atoms with Crippen molar-refractivity contribution in [2.24, 2.45) is 0 Å². The van der Waals surface area contributed by atoms with Crippen LogP contribution >= 0.6 is 0 Å². The Labute approximate surface area is 125 Å². The third-order valence-electron chi connectivity index (χ3n) is 3.82. The molecule has 3 rings (SSSR count). The van der Waals surface area contributed by atoms with Gasteiger partial charge in [-0.05, 0) is 25.5 Å². The van der Waals surface area contributed by atoms with E-state index in [-0.39, 0.29) is 11.6 Å². The summed E-state index contributed by atoms with van der Waals surface area (Å²) in [4.78, 5) is 4.23. The normalized spacial score (nSPS) is 18.9. The van der Waals surface area contributed by atoms with Crippen molar-refractivity contribution in [2.45, 2.75) is 32.0 Å². The summed E-state index contributed by atoms with van der Waals surface area (Å²) in [6, 6.07) is 12.3. The summed E-state index contributed by atoms with van der Waals surface area (Å²) >= 11 is 0. The lowest BCUT2D eigenvalue weighted by Crippen LogP contribution is -2.38. The lowest BCUT2D eigenvalue weighted by Gasteiger charge is -2.27. The molecule has 1 atom stereocenters. The second-order valence-electron chi connectivity index (χ2n) is 5.77. The Morgan fingerprint density at radius 1 is 1.24 bits per heavy atom. The molecule has 1 N–H and O–H groups in total. The van der Waals surface area contributed by atoms with E-state index in [9.17, 15) is 0 Å². The first-order valence-electron chi connectivity index (χ1n) is 7.10. The molecule has 1 aromatic heterocycles. The van der Waals surface area contributed by atoms with Crippen molar-refractivity contribution in [3.8, 4) is 11.6 Å². The molecule has 0 saturated heterocycles. The number of hydrogen-bond acceptors (Lipinski definition) is 4. The van der Waals surface area contributed by atoms with Crippen molar-refractivity contribution in [1.82, 2.24) is 10.3 Å². The highest BCUT2D eigenvalue weighted by Crippen LogP contribution is 2.42. The van der Waals surface area contributed by atoms with E-state index in [1.54, 1.807) is 7.11 Å². The second-order valence-corrected chi connectivity index (χ2v) is 5.77. The van der Waals surface area contributed by atoms with E-state index >= 15 is 0 Å². The van der Waals surface area contributed by atoms with Crippen molar-refractivity contribution >= 4 is 0 Å². The number of benzene rings is 1. The first-order valence-corrected chi connectivity index (χ1v) is 7.10. The van der Waals surface area contributed by atoms with Crippen LogP contribution in [0.5, 0.6) is 11.6 Å². The van der Waals surface area contributed by atoms with Crippen molar-refractivity contribution in [1.29, 1.82) is 0 Å². The number of nitrogens with zero attached hydrogens (tertiary/aromatic N) is 1. The molecular formula is C17H20N2O2. The number of nitrogens with one attached hydrogen (secondary N) is 1. The van der Waals surface area contributed by atoms with E-state index < -0.39 is 0 Å². The van der Waals surface area contributed by atoms with Gasteiger partial charge < -0.3 is 14.8 Å². The Kier molecular flexibility index (Phi) is 3.55. The quantitative estimate of drug-likeness (QED) is 0.937. The molecule has 0 fully saturated rings. The second kappa shape index (κ2) is 5.37. The Bertz CT molecular complexity index is 623. The van der Waals surface area contributed by atoms with Crippen LogP contribution in [0, 0.1) is 0 Å². The molecular weight excluding hydrogens is 264 g/mol. The number of rotatable bonds is 4. The zero-order valence-electron chi connectivity index (χ0n) is 12.6. The molecule has 4 heteroatoms. The predicted octanol–water partition coefficient (Wildman–Crippen LogP) is 3.09. The molecule has 1 unspecified atom stereocenters. The number of fused-ring (bicyclic) bond motifs is 1. The average molecular weight is 284 g/mol. The zero-order chi connectivity index (χ0) is 14.9. The highest BCUT2D eigenvalue weighted by molar-refractivity contribution is 5.42. The van der Waals surface area contributed by atoms with Crippen LogP contribution in [0.2, 0.25) is 0 Å². The van der Waals surface area contributed by atoms with E-state index in [1.165, 1.54) is 5.56 Å². The Balaban J connectivity index is 1.74. The van der Waals surface area contributed by atoms with Crippen molar-refractivity contribution in [3.05, 3.63) is 53.7 Å². The topological polar surface area (TPSA) is 43.4 Å². The molecule has 0 bridgehead atoms. The summed E-state index contributed by atoms with van der Waals surface area (Å²) in [5.74, 6) is 1.60. The number of aromatic nitrogens is 1. The van der Waals surface area contributed by atoms with Crippen LogP contribution in [0.25, 0.3) is 0 Å². The van der Waals surface area contributed by atoms with Gasteiger partial charge in [0.25, 0.3) is 0 Å². The maximum absolute atomic E-state index is 6.03. The van der Waals surface area contributed by atoms with Crippen molar-refractivity contribution in [3.63, 3.8) is 0 Å². The van der Waals surface area contributed by atoms with Gasteiger partial charge in [-0.15, -0.1) is 0 Å². The largest absolute Gasteiger partial charge is 0.486 e. The fraction of sp³-hybridized carbons (Fsp3) is 0.353. The molecule has 0 aliphatic carbocycles. The lowest BCUT2D eigenvalue weighted by atomic mass is 9.94. The average Bonchev–Trinajstić information content (AvgIpc) is 2.75. The van der Waals surface area contributed by atoms with E-state index in [2.05, 4.69) is 30.2 Å². The van der Waals surface area contributed by atoms with Gasteiger partial charge in [-0.1, -0.05) is 24.3 Å². The molecule has 0 radical (unpaired) electrons. The van der Waals surface area contributed by atoms with Gasteiger partial charge in [0.15, 0.2) is 0 Å². The van der Waals surface area contributed by atoms with Crippen LogP contribution in [-0.4, -0.2) is 17.7 Å². The summed E-state index contributed by atoms with van der Waals surface area (Å²) in [5.41, 5.74) is 2.07. The predicted molar refractivity (Wildman–Crippen MR) is 81.5 cm³/mol. The fourth-order valence-electron chi connectivity index (χ4n) is 2.74. The molecule has 1 aliphatic rings. The molecule has 2 heterocycles. The van der Waals surface area contributed by atoms with Gasteiger partial charge in [0.05, 0.1) is 13.2 Å². The van der Waals surface area contributed by atoms with E-state index in [1.807, 2.05) is 36.5 Å². The molecule has 0 spiro atoms. The third-order valence-corrected chi connectivity index (χ3v) is 3.82. The van der Waals surface area contributed by atoms with Gasteiger partial charge in [-0.25, -0.2) is 4.98 Å². The first-order chi connectivity index (χ1) is 10.1. The van der Waals surface area contributed by atoms with Gasteiger partial charge in [0, 0.05) is 24.4 Å². The Morgan fingerprint density at radius 2 is 2.05 bits per heavy atom. The maximum atomic E-state index is 6.03. The summed E-state index contributed by atoms with van der Waals surface area (Å²) in [5, 5.41) is 3.58. The summed E-state index contributed by atoms with van der Waals surface area (Å²) in [6.45, 7) is 4.96. The molecule has 1 aliphatic heterocycles. The van der Waals surface area contributed by atoms with Gasteiger partial charge in [-0.2, -0.15) is 0 Å². The number of para-hydroxylation sites is 1. The number of methoxy groups -OCH3 is 1. The van der Waals surface area contributed by atoms with Crippen LogP contribution in [0.1, 0.15) is 31.0 Å². The highest BCUT2D eigenvalue weighted by Gasteiger charge is 2.40. The van der Waals surface area contributed by atoms with Crippen molar-refractivity contribution < 1.29 is 9.47 Å². The monoisotopic (exact) mass is 284 g/mol. The zero-order valence-corrected chi connectivity index (χ0v) is 12.6. The fourth-order valence-corrected chi connectivity index (χ4v) is 2.74. The van der Waals surface area contributed by atoms with Gasteiger partial charge in [-0.3, -0.25) is 0 Å². The van der Waals surface area contributed by atoms with Gasteiger partial charge >= 0.3 is 0 Å². The smallest absolute Gasteiger partial charge is 0.212 e. The highest BCUT2D eigenvalue weighted by atomic mass is 16.5. The molecule has 0 amide bonds. The first kappa shape index (κ1) is 13.9. The summed E-state index contributed by atoms with van der Waals surface area (Å²) in [7, 11) is 1.62. The SMILES string of the molecule is COc1ccc(CNC2c3ccccc3OC2(C)C)cn1. The van der Waals surface area contributed by atoms with E-state index in [4.69, 9.17) is 9.47 Å².